The van der Waals surface area contributed by atoms with E-state index in [1.807, 2.05) is 0 Å². The van der Waals surface area contributed by atoms with Gasteiger partial charge in [0.25, 0.3) is 5.91 Å². The fourth-order valence-electron chi connectivity index (χ4n) is 1.94. The third kappa shape index (κ3) is 2.21. The molecular weight excluding hydrogens is 284 g/mol. The van der Waals surface area contributed by atoms with Crippen LogP contribution in [-0.2, 0) is 15.6 Å². The number of aromatic nitrogens is 2. The first kappa shape index (κ1) is 12.9. The molecule has 20 heavy (non-hydrogen) atoms. The van der Waals surface area contributed by atoms with Gasteiger partial charge in [-0.25, -0.2) is 18.5 Å². The number of furan rings is 1. The first-order valence-corrected chi connectivity index (χ1v) is 7.39. The molecule has 106 valence electrons. The molecule has 2 heterocycles. The van der Waals surface area contributed by atoms with Crippen molar-refractivity contribution in [2.45, 2.75) is 23.3 Å². The van der Waals surface area contributed by atoms with E-state index >= 15 is 0 Å². The van der Waals surface area contributed by atoms with Gasteiger partial charge in [0, 0.05) is 18.5 Å². The second-order valence-electron chi connectivity index (χ2n) is 4.67. The number of nitrogens with two attached hydrogens (primary N) is 1. The van der Waals surface area contributed by atoms with Crippen molar-refractivity contribution in [3.8, 4) is 0 Å². The number of nitrogens with one attached hydrogen (secondary N) is 2. The molecule has 8 nitrogen and oxygen atoms in total. The highest BCUT2D eigenvalue weighted by molar-refractivity contribution is 7.89. The number of H-pyrrole nitrogens is 1. The zero-order valence-corrected chi connectivity index (χ0v) is 11.1. The van der Waals surface area contributed by atoms with Crippen molar-refractivity contribution in [3.63, 3.8) is 0 Å². The van der Waals surface area contributed by atoms with Gasteiger partial charge in [-0.2, -0.15) is 0 Å². The molecule has 0 atom stereocenters. The number of hydrogen-bond donors (Lipinski definition) is 3. The van der Waals surface area contributed by atoms with Crippen LogP contribution in [0.5, 0.6) is 0 Å². The number of amides is 1. The summed E-state index contributed by atoms with van der Waals surface area (Å²) in [6.07, 6.45) is 5.74. The Labute approximate surface area is 114 Å². The van der Waals surface area contributed by atoms with Gasteiger partial charge in [0.2, 0.25) is 10.0 Å². The number of aromatic amines is 1. The first-order valence-electron chi connectivity index (χ1n) is 5.84. The lowest BCUT2D eigenvalue weighted by Gasteiger charge is -2.13. The van der Waals surface area contributed by atoms with Crippen LogP contribution < -0.4 is 10.5 Å². The summed E-state index contributed by atoms with van der Waals surface area (Å²) >= 11 is 0. The Morgan fingerprint density at radius 1 is 1.50 bits per heavy atom. The van der Waals surface area contributed by atoms with Crippen LogP contribution in [0.1, 0.15) is 29.2 Å². The van der Waals surface area contributed by atoms with Crippen LogP contribution in [0.4, 0.5) is 0 Å². The SMILES string of the molecule is NS(=O)(=O)c1coc(C(=O)NC2(c3ncc[nH]3)CC2)c1. The van der Waals surface area contributed by atoms with Crippen molar-refractivity contribution in [1.29, 1.82) is 0 Å². The van der Waals surface area contributed by atoms with Crippen LogP contribution in [0.2, 0.25) is 0 Å². The second kappa shape index (κ2) is 4.18. The predicted octanol–water partition coefficient (Wildman–Crippen LogP) is 0.0692. The van der Waals surface area contributed by atoms with Gasteiger partial charge in [-0.05, 0) is 12.8 Å². The molecule has 0 unspecified atom stereocenters. The summed E-state index contributed by atoms with van der Waals surface area (Å²) in [5.74, 6) is 0.0599. The monoisotopic (exact) mass is 296 g/mol. The molecule has 0 radical (unpaired) electrons. The van der Waals surface area contributed by atoms with Gasteiger partial charge >= 0.3 is 0 Å². The molecule has 0 aromatic carbocycles. The third-order valence-corrected chi connectivity index (χ3v) is 4.05. The highest BCUT2D eigenvalue weighted by atomic mass is 32.2. The van der Waals surface area contributed by atoms with E-state index in [-0.39, 0.29) is 10.7 Å². The van der Waals surface area contributed by atoms with Gasteiger partial charge in [0.15, 0.2) is 5.76 Å². The molecule has 1 amide bonds. The second-order valence-corrected chi connectivity index (χ2v) is 6.23. The molecule has 3 rings (SSSR count). The average Bonchev–Trinajstić information content (AvgIpc) is 2.91. The smallest absolute Gasteiger partial charge is 0.287 e. The summed E-state index contributed by atoms with van der Waals surface area (Å²) in [6.45, 7) is 0. The topological polar surface area (TPSA) is 131 Å². The zero-order chi connectivity index (χ0) is 14.4. The van der Waals surface area contributed by atoms with E-state index in [4.69, 9.17) is 9.56 Å². The minimum absolute atomic E-state index is 0.105. The number of imidazole rings is 1. The van der Waals surface area contributed by atoms with Crippen molar-refractivity contribution in [2.24, 2.45) is 5.14 Å². The van der Waals surface area contributed by atoms with Gasteiger partial charge in [0.1, 0.15) is 17.0 Å². The van der Waals surface area contributed by atoms with Gasteiger partial charge < -0.3 is 14.7 Å². The van der Waals surface area contributed by atoms with E-state index in [9.17, 15) is 13.2 Å². The lowest BCUT2D eigenvalue weighted by atomic mass is 10.2. The quantitative estimate of drug-likeness (QED) is 0.734. The van der Waals surface area contributed by atoms with Crippen LogP contribution in [0.3, 0.4) is 0 Å². The Bertz CT molecular complexity index is 743. The van der Waals surface area contributed by atoms with E-state index < -0.39 is 21.5 Å². The number of carbonyl (C=O) groups excluding carboxylic acids is 1. The molecular formula is C11H12N4O4S. The number of hydrogen-bond acceptors (Lipinski definition) is 5. The summed E-state index contributed by atoms with van der Waals surface area (Å²) in [7, 11) is -3.88. The summed E-state index contributed by atoms with van der Waals surface area (Å²) in [5, 5.41) is 7.74. The van der Waals surface area contributed by atoms with Crippen molar-refractivity contribution in [1.82, 2.24) is 15.3 Å². The standard InChI is InChI=1S/C11H12N4O4S/c12-20(17,18)7-5-8(19-6-7)9(16)15-11(1-2-11)10-13-3-4-14-10/h3-6H,1-2H2,(H,13,14)(H,15,16)(H2,12,17,18). The molecule has 2 aromatic rings. The minimum Gasteiger partial charge on any atom is -0.458 e. The average molecular weight is 296 g/mol. The van der Waals surface area contributed by atoms with Gasteiger partial charge in [0.05, 0.1) is 5.54 Å². The van der Waals surface area contributed by atoms with Gasteiger partial charge in [-0.3, -0.25) is 4.79 Å². The van der Waals surface area contributed by atoms with Crippen molar-refractivity contribution in [3.05, 3.63) is 36.3 Å². The normalized spacial score (nSPS) is 16.9. The van der Waals surface area contributed by atoms with E-state index in [1.165, 1.54) is 0 Å². The number of sulfonamides is 1. The largest absolute Gasteiger partial charge is 0.458 e. The molecule has 2 aromatic heterocycles. The predicted molar refractivity (Wildman–Crippen MR) is 67.0 cm³/mol. The maximum Gasteiger partial charge on any atom is 0.287 e. The van der Waals surface area contributed by atoms with E-state index in [2.05, 4.69) is 15.3 Å². The minimum atomic E-state index is -3.88. The Morgan fingerprint density at radius 3 is 2.75 bits per heavy atom. The van der Waals surface area contributed by atoms with Gasteiger partial charge in [-0.1, -0.05) is 0 Å². The first-order chi connectivity index (χ1) is 9.41. The highest BCUT2D eigenvalue weighted by Crippen LogP contribution is 2.43. The van der Waals surface area contributed by atoms with Crippen LogP contribution in [0, 0.1) is 0 Å². The van der Waals surface area contributed by atoms with E-state index in [0.29, 0.717) is 5.82 Å². The molecule has 1 fully saturated rings. The molecule has 1 aliphatic carbocycles. The van der Waals surface area contributed by atoms with E-state index in [0.717, 1.165) is 25.2 Å². The fraction of sp³-hybridized carbons (Fsp3) is 0.273. The maximum absolute atomic E-state index is 12.1. The molecule has 1 saturated carbocycles. The van der Waals surface area contributed by atoms with E-state index in [1.54, 1.807) is 12.4 Å². The summed E-state index contributed by atoms with van der Waals surface area (Å²) in [4.78, 5) is 18.9. The molecule has 0 aliphatic heterocycles. The summed E-state index contributed by atoms with van der Waals surface area (Å²) in [6, 6.07) is 1.10. The summed E-state index contributed by atoms with van der Waals surface area (Å²) < 4.78 is 27.2. The Kier molecular flexibility index (Phi) is 2.69. The van der Waals surface area contributed by atoms with Crippen LogP contribution in [0.15, 0.2) is 34.0 Å². The lowest BCUT2D eigenvalue weighted by molar-refractivity contribution is 0.0900. The van der Waals surface area contributed by atoms with Crippen molar-refractivity contribution in [2.75, 3.05) is 0 Å². The molecule has 9 heteroatoms. The number of carbonyl (C=O) groups is 1. The summed E-state index contributed by atoms with van der Waals surface area (Å²) in [5.41, 5.74) is -0.519. The van der Waals surface area contributed by atoms with Crippen LogP contribution in [0.25, 0.3) is 0 Å². The number of rotatable bonds is 4. The molecule has 0 bridgehead atoms. The van der Waals surface area contributed by atoms with Crippen LogP contribution >= 0.6 is 0 Å². The molecule has 1 aliphatic rings. The number of nitrogens with zero attached hydrogens (tertiary/aromatic N) is 1. The maximum atomic E-state index is 12.1. The van der Waals surface area contributed by atoms with Crippen molar-refractivity contribution < 1.29 is 17.6 Å². The highest BCUT2D eigenvalue weighted by Gasteiger charge is 2.48. The third-order valence-electron chi connectivity index (χ3n) is 3.18. The molecule has 0 saturated heterocycles. The lowest BCUT2D eigenvalue weighted by Crippen LogP contribution is -2.35. The van der Waals surface area contributed by atoms with Crippen molar-refractivity contribution >= 4 is 15.9 Å². The van der Waals surface area contributed by atoms with Crippen LogP contribution in [-0.4, -0.2) is 24.3 Å². The van der Waals surface area contributed by atoms with Gasteiger partial charge in [-0.15, -0.1) is 0 Å². The Balaban J connectivity index is 1.79. The Hall–Kier alpha value is -2.13. The molecule has 4 N–H and O–H groups in total. The number of primary sulfonamides is 1. The Morgan fingerprint density at radius 2 is 2.25 bits per heavy atom. The zero-order valence-electron chi connectivity index (χ0n) is 10.3. The fourth-order valence-corrected chi connectivity index (χ4v) is 2.39. The molecule has 0 spiro atoms.